The SMILES string of the molecule is NC(=O)c1ccc2c(c1)OC=CC1=C2SCC1.Nc1ncn(-c2ccc(F)cc2F)n1. The maximum Gasteiger partial charge on any atom is 0.248 e. The Morgan fingerprint density at radius 3 is 2.74 bits per heavy atom. The lowest BCUT2D eigenvalue weighted by Gasteiger charge is -2.09. The van der Waals surface area contributed by atoms with E-state index in [0.717, 1.165) is 34.6 Å². The van der Waals surface area contributed by atoms with E-state index in [1.807, 2.05) is 23.9 Å². The van der Waals surface area contributed by atoms with Crippen LogP contribution in [0.15, 0.2) is 60.6 Å². The summed E-state index contributed by atoms with van der Waals surface area (Å²) in [5.41, 5.74) is 13.5. The van der Waals surface area contributed by atoms with Gasteiger partial charge in [0.1, 0.15) is 23.6 Å². The third kappa shape index (κ3) is 4.43. The van der Waals surface area contributed by atoms with Gasteiger partial charge >= 0.3 is 0 Å². The van der Waals surface area contributed by atoms with Gasteiger partial charge in [0, 0.05) is 27.9 Å². The van der Waals surface area contributed by atoms with E-state index in [4.69, 9.17) is 16.2 Å². The number of rotatable bonds is 2. The molecule has 0 aliphatic carbocycles. The summed E-state index contributed by atoms with van der Waals surface area (Å²) in [5.74, 6) is 0.0595. The second kappa shape index (κ2) is 8.60. The van der Waals surface area contributed by atoms with Crippen molar-refractivity contribution in [3.8, 4) is 11.4 Å². The Morgan fingerprint density at radius 1 is 1.19 bits per heavy atom. The molecule has 0 saturated heterocycles. The standard InChI is InChI=1S/C13H11NO2S.C8H6F2N4/c14-13(15)9-1-2-10-11(7-9)16-5-3-8-4-6-17-12(8)10;9-5-1-2-7(6(10)3-5)14-4-12-8(11)13-14/h1-3,5,7H,4,6H2,(H2,14,15);1-4H,(H2,11,13). The zero-order valence-electron chi connectivity index (χ0n) is 16.1. The summed E-state index contributed by atoms with van der Waals surface area (Å²) in [6.45, 7) is 0. The Balaban J connectivity index is 0.000000152. The monoisotopic (exact) mass is 441 g/mol. The number of hydrogen-bond donors (Lipinski definition) is 2. The van der Waals surface area contributed by atoms with Crippen molar-refractivity contribution in [3.05, 3.63) is 83.4 Å². The van der Waals surface area contributed by atoms with Gasteiger partial charge in [-0.15, -0.1) is 16.9 Å². The van der Waals surface area contributed by atoms with Crippen LogP contribution < -0.4 is 16.2 Å². The fourth-order valence-corrected chi connectivity index (χ4v) is 4.29. The molecule has 4 N–H and O–H groups in total. The third-order valence-electron chi connectivity index (χ3n) is 4.55. The van der Waals surface area contributed by atoms with E-state index >= 15 is 0 Å². The van der Waals surface area contributed by atoms with Gasteiger partial charge in [0.25, 0.3) is 0 Å². The highest BCUT2D eigenvalue weighted by Crippen LogP contribution is 2.44. The average Bonchev–Trinajstić information content (AvgIpc) is 3.34. The number of nitrogen functional groups attached to an aromatic ring is 1. The number of halogens is 2. The van der Waals surface area contributed by atoms with Crippen LogP contribution in [0.1, 0.15) is 22.3 Å². The molecule has 1 amide bonds. The quantitative estimate of drug-likeness (QED) is 0.628. The number of benzene rings is 2. The number of amides is 1. The number of nitrogens with zero attached hydrogens (tertiary/aromatic N) is 3. The summed E-state index contributed by atoms with van der Waals surface area (Å²) in [5, 5.41) is 3.69. The molecule has 0 spiro atoms. The molecule has 5 rings (SSSR count). The molecule has 158 valence electrons. The van der Waals surface area contributed by atoms with Gasteiger partial charge in [-0.1, -0.05) is 0 Å². The van der Waals surface area contributed by atoms with Crippen LogP contribution in [0.2, 0.25) is 0 Å². The first-order valence-electron chi connectivity index (χ1n) is 9.18. The number of thioether (sulfide) groups is 1. The number of carbonyl (C=O) groups excluding carboxylic acids is 1. The van der Waals surface area contributed by atoms with E-state index in [1.165, 1.54) is 22.9 Å². The van der Waals surface area contributed by atoms with E-state index in [-0.39, 0.29) is 11.6 Å². The molecule has 0 atom stereocenters. The Hall–Kier alpha value is -3.66. The molecule has 1 aromatic heterocycles. The first kappa shape index (κ1) is 20.6. The molecule has 3 heterocycles. The van der Waals surface area contributed by atoms with Crippen molar-refractivity contribution in [3.63, 3.8) is 0 Å². The van der Waals surface area contributed by atoms with E-state index in [1.54, 1.807) is 18.4 Å². The highest BCUT2D eigenvalue weighted by atomic mass is 32.2. The summed E-state index contributed by atoms with van der Waals surface area (Å²) in [4.78, 5) is 16.0. The fourth-order valence-electron chi connectivity index (χ4n) is 3.09. The minimum Gasteiger partial charge on any atom is -0.464 e. The minimum absolute atomic E-state index is 0.0359. The zero-order valence-corrected chi connectivity index (χ0v) is 16.9. The van der Waals surface area contributed by atoms with E-state index in [9.17, 15) is 13.6 Å². The number of allylic oxidation sites excluding steroid dienone is 2. The molecular formula is C21H17F2N5O2S. The Labute approximate surface area is 180 Å². The molecule has 0 bridgehead atoms. The number of nitrogens with two attached hydrogens (primary N) is 2. The minimum atomic E-state index is -0.713. The maximum absolute atomic E-state index is 13.2. The number of fused-ring (bicyclic) bond motifs is 2. The molecular weight excluding hydrogens is 424 g/mol. The molecule has 0 unspecified atom stereocenters. The lowest BCUT2D eigenvalue weighted by Crippen LogP contribution is -2.10. The average molecular weight is 441 g/mol. The van der Waals surface area contributed by atoms with Crippen LogP contribution in [0.4, 0.5) is 14.7 Å². The summed E-state index contributed by atoms with van der Waals surface area (Å²) < 4.78 is 32.4. The van der Waals surface area contributed by atoms with Crippen molar-refractivity contribution in [1.29, 1.82) is 0 Å². The van der Waals surface area contributed by atoms with Gasteiger partial charge in [0.15, 0.2) is 5.82 Å². The van der Waals surface area contributed by atoms with Crippen LogP contribution in [0.5, 0.6) is 5.75 Å². The van der Waals surface area contributed by atoms with Crippen molar-refractivity contribution in [2.24, 2.45) is 5.73 Å². The van der Waals surface area contributed by atoms with Crippen LogP contribution in [0.3, 0.4) is 0 Å². The Bertz CT molecular complexity index is 1220. The van der Waals surface area contributed by atoms with Crippen LogP contribution in [-0.2, 0) is 0 Å². The second-order valence-electron chi connectivity index (χ2n) is 6.59. The normalized spacial score (nSPS) is 14.1. The highest BCUT2D eigenvalue weighted by Gasteiger charge is 2.21. The number of ether oxygens (including phenoxy) is 1. The molecule has 10 heteroatoms. The Morgan fingerprint density at radius 2 is 2.03 bits per heavy atom. The number of anilines is 1. The summed E-state index contributed by atoms with van der Waals surface area (Å²) >= 11 is 1.83. The maximum atomic E-state index is 13.2. The van der Waals surface area contributed by atoms with Crippen molar-refractivity contribution in [1.82, 2.24) is 14.8 Å². The third-order valence-corrected chi connectivity index (χ3v) is 5.73. The largest absolute Gasteiger partial charge is 0.464 e. The zero-order chi connectivity index (χ0) is 22.0. The molecule has 0 radical (unpaired) electrons. The van der Waals surface area contributed by atoms with Gasteiger partial charge in [0.05, 0.1) is 6.26 Å². The van der Waals surface area contributed by atoms with Gasteiger partial charge < -0.3 is 16.2 Å². The van der Waals surface area contributed by atoms with Crippen molar-refractivity contribution in [2.75, 3.05) is 11.5 Å². The lowest BCUT2D eigenvalue weighted by molar-refractivity contribution is 0.1000. The lowest BCUT2D eigenvalue weighted by atomic mass is 10.1. The van der Waals surface area contributed by atoms with Gasteiger partial charge in [-0.25, -0.2) is 18.4 Å². The van der Waals surface area contributed by atoms with Crippen molar-refractivity contribution in [2.45, 2.75) is 6.42 Å². The van der Waals surface area contributed by atoms with Gasteiger partial charge in [-0.05, 0) is 48.4 Å². The molecule has 31 heavy (non-hydrogen) atoms. The van der Waals surface area contributed by atoms with Crippen molar-refractivity contribution < 1.29 is 18.3 Å². The predicted octanol–water partition coefficient (Wildman–Crippen LogP) is 3.67. The van der Waals surface area contributed by atoms with E-state index in [0.29, 0.717) is 11.3 Å². The van der Waals surface area contributed by atoms with Crippen LogP contribution in [0, 0.1) is 11.6 Å². The van der Waals surface area contributed by atoms with Gasteiger partial charge in [-0.2, -0.15) is 0 Å². The fraction of sp³-hybridized carbons (Fsp3) is 0.0952. The summed E-state index contributed by atoms with van der Waals surface area (Å²) in [6, 6.07) is 8.54. The predicted molar refractivity (Wildman–Crippen MR) is 114 cm³/mol. The number of aromatic nitrogens is 3. The summed E-state index contributed by atoms with van der Waals surface area (Å²) in [7, 11) is 0. The molecule has 2 aliphatic rings. The van der Waals surface area contributed by atoms with Crippen LogP contribution in [0.25, 0.3) is 10.6 Å². The molecule has 7 nitrogen and oxygen atoms in total. The van der Waals surface area contributed by atoms with Crippen LogP contribution >= 0.6 is 11.8 Å². The van der Waals surface area contributed by atoms with Crippen LogP contribution in [-0.4, -0.2) is 26.4 Å². The first-order chi connectivity index (χ1) is 14.9. The smallest absolute Gasteiger partial charge is 0.248 e. The number of hydrogen-bond acceptors (Lipinski definition) is 6. The molecule has 0 saturated carbocycles. The number of primary amides is 1. The Kier molecular flexibility index (Phi) is 5.72. The molecule has 0 fully saturated rings. The van der Waals surface area contributed by atoms with E-state index < -0.39 is 17.5 Å². The topological polar surface area (TPSA) is 109 Å². The second-order valence-corrected chi connectivity index (χ2v) is 7.70. The first-order valence-corrected chi connectivity index (χ1v) is 10.2. The van der Waals surface area contributed by atoms with Crippen molar-refractivity contribution >= 4 is 28.5 Å². The molecule has 3 aromatic rings. The number of carbonyl (C=O) groups is 1. The van der Waals surface area contributed by atoms with Gasteiger partial charge in [-0.3, -0.25) is 4.79 Å². The summed E-state index contributed by atoms with van der Waals surface area (Å²) in [6.07, 6.45) is 6.00. The molecule has 2 aliphatic heterocycles. The molecule has 2 aromatic carbocycles. The highest BCUT2D eigenvalue weighted by molar-refractivity contribution is 8.08. The van der Waals surface area contributed by atoms with Gasteiger partial charge in [0.2, 0.25) is 11.9 Å². The van der Waals surface area contributed by atoms with E-state index in [2.05, 4.69) is 10.1 Å².